The number of hydrogen-bond acceptors (Lipinski definition) is 3. The van der Waals surface area contributed by atoms with Crippen molar-refractivity contribution in [2.24, 2.45) is 0 Å². The van der Waals surface area contributed by atoms with Crippen molar-refractivity contribution in [3.63, 3.8) is 0 Å². The van der Waals surface area contributed by atoms with Crippen LogP contribution in [0.4, 0.5) is 17.1 Å². The molecule has 0 saturated carbocycles. The van der Waals surface area contributed by atoms with Crippen LogP contribution >= 0.6 is 0 Å². The van der Waals surface area contributed by atoms with E-state index in [0.29, 0.717) is 5.89 Å². The fraction of sp³-hybridized carbons (Fsp3) is 0. The zero-order valence-electron chi connectivity index (χ0n) is 26.5. The molecule has 49 heavy (non-hydrogen) atoms. The van der Waals surface area contributed by atoms with E-state index in [0.717, 1.165) is 55.7 Å². The quantitative estimate of drug-likeness (QED) is 0.178. The number of aromatic nitrogens is 2. The maximum atomic E-state index is 6.57. The predicted octanol–water partition coefficient (Wildman–Crippen LogP) is 12.4. The lowest BCUT2D eigenvalue weighted by Crippen LogP contribution is -2.10. The first-order chi connectivity index (χ1) is 24.3. The van der Waals surface area contributed by atoms with Crippen molar-refractivity contribution in [1.29, 1.82) is 0 Å². The Balaban J connectivity index is 1.15. The third-order valence-corrected chi connectivity index (χ3v) is 9.59. The molecule has 0 bridgehead atoms. The first-order valence-corrected chi connectivity index (χ1v) is 16.6. The van der Waals surface area contributed by atoms with Gasteiger partial charge in [0.1, 0.15) is 5.52 Å². The Bertz CT molecular complexity index is 2740. The number of fused-ring (bicyclic) bond motifs is 9. The largest absolute Gasteiger partial charge is 0.435 e. The smallest absolute Gasteiger partial charge is 0.227 e. The lowest BCUT2D eigenvalue weighted by Gasteiger charge is -2.26. The van der Waals surface area contributed by atoms with E-state index in [1.165, 1.54) is 27.1 Å². The van der Waals surface area contributed by atoms with Gasteiger partial charge in [-0.15, -0.1) is 0 Å². The second kappa shape index (κ2) is 11.0. The van der Waals surface area contributed by atoms with Crippen LogP contribution in [0, 0.1) is 0 Å². The minimum atomic E-state index is 0.613. The van der Waals surface area contributed by atoms with Gasteiger partial charge in [-0.3, -0.25) is 0 Å². The molecular weight excluding hydrogens is 599 g/mol. The number of benzene rings is 8. The molecule has 230 valence electrons. The van der Waals surface area contributed by atoms with Crippen LogP contribution in [0.3, 0.4) is 0 Å². The topological polar surface area (TPSA) is 34.2 Å². The molecule has 0 aliphatic carbocycles. The van der Waals surface area contributed by atoms with Crippen LogP contribution in [0.5, 0.6) is 0 Å². The molecule has 0 aliphatic heterocycles. The Kier molecular flexibility index (Phi) is 6.15. The predicted molar refractivity (Wildman–Crippen MR) is 203 cm³/mol. The average Bonchev–Trinajstić information content (AvgIpc) is 3.77. The monoisotopic (exact) mass is 627 g/mol. The average molecular weight is 628 g/mol. The van der Waals surface area contributed by atoms with E-state index in [1.807, 2.05) is 0 Å². The third-order valence-electron chi connectivity index (χ3n) is 9.59. The van der Waals surface area contributed by atoms with E-state index in [9.17, 15) is 0 Å². The second-order valence-electron chi connectivity index (χ2n) is 12.4. The standard InChI is InChI=1S/C45H29N3O/c1-3-14-31(15-4-1)47(40-24-13-25-41-42(40)38-22-11-12-23-39(38)48(41)32-16-5-2-6-17-32)33-28-26-30(27-29-33)45-46-43-36-20-9-7-18-34(36)35-19-8-10-21-37(35)44(43)49-45/h1-29H. The molecule has 2 aromatic heterocycles. The lowest BCUT2D eigenvalue weighted by atomic mass is 10.0. The van der Waals surface area contributed by atoms with Gasteiger partial charge in [-0.05, 0) is 77.5 Å². The number of oxazole rings is 1. The van der Waals surface area contributed by atoms with Gasteiger partial charge in [0, 0.05) is 44.2 Å². The van der Waals surface area contributed by atoms with Gasteiger partial charge in [0.05, 0.1) is 16.7 Å². The number of rotatable bonds is 5. The first-order valence-electron chi connectivity index (χ1n) is 16.6. The third kappa shape index (κ3) is 4.28. The van der Waals surface area contributed by atoms with E-state index in [4.69, 9.17) is 9.40 Å². The van der Waals surface area contributed by atoms with Gasteiger partial charge >= 0.3 is 0 Å². The van der Waals surface area contributed by atoms with Gasteiger partial charge in [-0.1, -0.05) is 109 Å². The molecule has 0 fully saturated rings. The van der Waals surface area contributed by atoms with Crippen molar-refractivity contribution in [2.75, 3.05) is 4.90 Å². The number of para-hydroxylation sites is 3. The van der Waals surface area contributed by atoms with Crippen molar-refractivity contribution in [3.8, 4) is 17.1 Å². The highest BCUT2D eigenvalue weighted by Gasteiger charge is 2.21. The van der Waals surface area contributed by atoms with Crippen LogP contribution in [0.15, 0.2) is 180 Å². The highest BCUT2D eigenvalue weighted by atomic mass is 16.3. The zero-order valence-corrected chi connectivity index (χ0v) is 26.5. The maximum absolute atomic E-state index is 6.57. The van der Waals surface area contributed by atoms with E-state index in [2.05, 4.69) is 185 Å². The molecule has 0 radical (unpaired) electrons. The van der Waals surface area contributed by atoms with Crippen molar-refractivity contribution in [1.82, 2.24) is 9.55 Å². The van der Waals surface area contributed by atoms with Crippen molar-refractivity contribution in [3.05, 3.63) is 176 Å². The van der Waals surface area contributed by atoms with Gasteiger partial charge in [0.2, 0.25) is 5.89 Å². The fourth-order valence-corrected chi connectivity index (χ4v) is 7.45. The summed E-state index contributed by atoms with van der Waals surface area (Å²) in [4.78, 5) is 7.42. The van der Waals surface area contributed by atoms with Gasteiger partial charge in [-0.2, -0.15) is 0 Å². The number of anilines is 3. The van der Waals surface area contributed by atoms with Crippen molar-refractivity contribution in [2.45, 2.75) is 0 Å². The Labute approximate surface area is 282 Å². The molecule has 0 N–H and O–H groups in total. The lowest BCUT2D eigenvalue weighted by molar-refractivity contribution is 0.623. The van der Waals surface area contributed by atoms with Crippen molar-refractivity contribution < 1.29 is 4.42 Å². The number of nitrogens with zero attached hydrogens (tertiary/aromatic N) is 3. The van der Waals surface area contributed by atoms with Crippen LogP contribution in [-0.2, 0) is 0 Å². The Morgan fingerprint density at radius 1 is 0.449 bits per heavy atom. The molecule has 2 heterocycles. The minimum absolute atomic E-state index is 0.613. The highest BCUT2D eigenvalue weighted by molar-refractivity contribution is 6.23. The van der Waals surface area contributed by atoms with Crippen molar-refractivity contribution >= 4 is 71.5 Å². The molecule has 0 spiro atoms. The Hall–Kier alpha value is -6.65. The molecule has 0 unspecified atom stereocenters. The van der Waals surface area contributed by atoms with Gasteiger partial charge in [-0.25, -0.2) is 4.98 Å². The molecule has 0 atom stereocenters. The Morgan fingerprint density at radius 3 is 1.78 bits per heavy atom. The molecule has 0 aliphatic rings. The van der Waals surface area contributed by atoms with Crippen LogP contribution in [0.2, 0.25) is 0 Å². The fourth-order valence-electron chi connectivity index (χ4n) is 7.45. The second-order valence-corrected chi connectivity index (χ2v) is 12.4. The van der Waals surface area contributed by atoms with E-state index >= 15 is 0 Å². The molecule has 4 nitrogen and oxygen atoms in total. The van der Waals surface area contributed by atoms with Gasteiger partial charge in [0.25, 0.3) is 0 Å². The maximum Gasteiger partial charge on any atom is 0.227 e. The van der Waals surface area contributed by atoms with Crippen LogP contribution in [-0.4, -0.2) is 9.55 Å². The summed E-state index contributed by atoms with van der Waals surface area (Å²) >= 11 is 0. The summed E-state index contributed by atoms with van der Waals surface area (Å²) in [6.07, 6.45) is 0. The molecular formula is C45H29N3O. The summed E-state index contributed by atoms with van der Waals surface area (Å²) < 4.78 is 8.93. The van der Waals surface area contributed by atoms with Crippen LogP contribution in [0.1, 0.15) is 0 Å². The normalized spacial score (nSPS) is 11.7. The number of hydrogen-bond donors (Lipinski definition) is 0. The molecule has 0 amide bonds. The van der Waals surface area contributed by atoms with E-state index in [-0.39, 0.29) is 0 Å². The summed E-state index contributed by atoms with van der Waals surface area (Å²) in [5, 5.41) is 6.94. The van der Waals surface area contributed by atoms with Crippen LogP contribution in [0.25, 0.3) is 71.6 Å². The first kappa shape index (κ1) is 27.5. The van der Waals surface area contributed by atoms with Gasteiger partial charge in [0.15, 0.2) is 5.58 Å². The molecule has 10 aromatic rings. The summed E-state index contributed by atoms with van der Waals surface area (Å²) in [6.45, 7) is 0. The van der Waals surface area contributed by atoms with Crippen LogP contribution < -0.4 is 4.90 Å². The summed E-state index contributed by atoms with van der Waals surface area (Å²) in [7, 11) is 0. The van der Waals surface area contributed by atoms with E-state index < -0.39 is 0 Å². The Morgan fingerprint density at radius 2 is 1.02 bits per heavy atom. The highest BCUT2D eigenvalue weighted by Crippen LogP contribution is 2.44. The summed E-state index contributed by atoms with van der Waals surface area (Å²) in [5.41, 5.74) is 9.36. The molecule has 0 saturated heterocycles. The SMILES string of the molecule is c1ccc(N(c2ccc(-c3nc4c5ccccc5c5ccccc5c4o3)cc2)c2cccc3c2c2ccccc2n3-c2ccccc2)cc1. The van der Waals surface area contributed by atoms with Gasteiger partial charge < -0.3 is 13.9 Å². The molecule has 8 aromatic carbocycles. The minimum Gasteiger partial charge on any atom is -0.435 e. The summed E-state index contributed by atoms with van der Waals surface area (Å²) in [6, 6.07) is 61.9. The molecule has 10 rings (SSSR count). The summed E-state index contributed by atoms with van der Waals surface area (Å²) in [5.74, 6) is 0.613. The van der Waals surface area contributed by atoms with E-state index in [1.54, 1.807) is 0 Å². The molecule has 4 heteroatoms. The zero-order chi connectivity index (χ0) is 32.3.